The molecule has 0 atom stereocenters. The average Bonchev–Trinajstić information content (AvgIpc) is 3.20. The summed E-state index contributed by atoms with van der Waals surface area (Å²) in [5.74, 6) is -0.456. The second-order valence-corrected chi connectivity index (χ2v) is 13.5. The van der Waals surface area contributed by atoms with Gasteiger partial charge >= 0.3 is 12.0 Å². The molecule has 54 heavy (non-hydrogen) atoms. The number of nitrogens with zero attached hydrogens (tertiary/aromatic N) is 4. The van der Waals surface area contributed by atoms with Crippen molar-refractivity contribution in [2.45, 2.75) is 18.4 Å². The molecule has 0 aromatic heterocycles. The number of hydrazine groups is 1. The molecule has 0 aliphatic carbocycles. The highest BCUT2D eigenvalue weighted by Gasteiger charge is 2.41. The predicted molar refractivity (Wildman–Crippen MR) is 202 cm³/mol. The summed E-state index contributed by atoms with van der Waals surface area (Å²) in [6.45, 7) is 2.72. The lowest BCUT2D eigenvalue weighted by Crippen LogP contribution is -2.60. The number of urea groups is 1. The van der Waals surface area contributed by atoms with Crippen LogP contribution in [0.4, 0.5) is 9.18 Å². The van der Waals surface area contributed by atoms with Gasteiger partial charge in [0.25, 0.3) is 5.91 Å². The van der Waals surface area contributed by atoms with Crippen molar-refractivity contribution in [1.29, 1.82) is 0 Å². The largest absolute Gasteiger partial charge is 0.493 e. The molecule has 3 amide bonds. The number of hydrogen-bond acceptors (Lipinski definition) is 8. The Bertz CT molecular complexity index is 1940. The number of halogens is 1. The summed E-state index contributed by atoms with van der Waals surface area (Å²) in [6.07, 6.45) is 1.07. The van der Waals surface area contributed by atoms with Crippen LogP contribution in [-0.4, -0.2) is 117 Å². The molecule has 4 aromatic rings. The number of piperazine rings is 1. The first-order chi connectivity index (χ1) is 26.1. The second kappa shape index (κ2) is 16.6. The van der Waals surface area contributed by atoms with Crippen molar-refractivity contribution < 1.29 is 38.1 Å². The Morgan fingerprint density at radius 3 is 1.91 bits per heavy atom. The zero-order valence-electron chi connectivity index (χ0n) is 31.0. The molecule has 2 fully saturated rings. The predicted octanol–water partition coefficient (Wildman–Crippen LogP) is 5.58. The minimum atomic E-state index is -0.884. The molecular formula is C41H46FN5O7. The number of methoxy groups -OCH3 is 3. The van der Waals surface area contributed by atoms with E-state index in [-0.39, 0.29) is 24.3 Å². The van der Waals surface area contributed by atoms with Crippen molar-refractivity contribution in [1.82, 2.24) is 25.1 Å². The van der Waals surface area contributed by atoms with Crippen molar-refractivity contribution in [2.24, 2.45) is 0 Å². The number of carboxylic acids is 1. The normalized spacial score (nSPS) is 16.0. The van der Waals surface area contributed by atoms with E-state index in [9.17, 15) is 23.9 Å². The van der Waals surface area contributed by atoms with Gasteiger partial charge in [-0.1, -0.05) is 66.7 Å². The summed E-state index contributed by atoms with van der Waals surface area (Å²) in [5, 5.41) is 16.1. The molecule has 0 unspecified atom stereocenters. The molecule has 0 bridgehead atoms. The quantitative estimate of drug-likeness (QED) is 0.203. The fourth-order valence-electron chi connectivity index (χ4n) is 7.39. The van der Waals surface area contributed by atoms with Crippen molar-refractivity contribution >= 4 is 17.9 Å². The third-order valence-electron chi connectivity index (χ3n) is 10.4. The molecule has 2 aliphatic heterocycles. The van der Waals surface area contributed by atoms with Crippen LogP contribution in [0.3, 0.4) is 0 Å². The first-order valence-corrected chi connectivity index (χ1v) is 17.9. The molecule has 2 N–H and O–H groups in total. The lowest BCUT2D eigenvalue weighted by atomic mass is 9.81. The van der Waals surface area contributed by atoms with Gasteiger partial charge in [0.05, 0.1) is 39.0 Å². The molecule has 0 saturated carbocycles. The maximum Gasteiger partial charge on any atom is 0.318 e. The lowest BCUT2D eigenvalue weighted by Gasteiger charge is -2.46. The van der Waals surface area contributed by atoms with Gasteiger partial charge in [0.1, 0.15) is 5.82 Å². The van der Waals surface area contributed by atoms with E-state index in [1.165, 1.54) is 33.5 Å². The number of aliphatic carboxylic acids is 1. The standard InChI is InChI=1S/C41H46FN5O7/c1-44(47-20-18-41(19-21-47,31-8-6-5-7-9-31)43-40(51)46-24-22-45(23-25-46)27-35(48)49)39(50)33-26-34(52-2)37(53-3)38(54-4)36(33)30-12-10-28(11-13-30)29-14-16-32(42)17-15-29/h5-17,26H,18-25,27H2,1-4H3,(H,43,51)(H,48,49). The van der Waals surface area contributed by atoms with Gasteiger partial charge in [0.2, 0.25) is 5.75 Å². The van der Waals surface area contributed by atoms with Crippen LogP contribution in [-0.2, 0) is 10.3 Å². The van der Waals surface area contributed by atoms with Gasteiger partial charge in [-0.25, -0.2) is 14.2 Å². The van der Waals surface area contributed by atoms with Crippen LogP contribution >= 0.6 is 0 Å². The van der Waals surface area contributed by atoms with Crippen LogP contribution in [0.5, 0.6) is 17.2 Å². The first kappa shape index (κ1) is 38.1. The monoisotopic (exact) mass is 739 g/mol. The number of carbonyl (C=O) groups is 3. The van der Waals surface area contributed by atoms with Gasteiger partial charge in [0, 0.05) is 51.9 Å². The highest BCUT2D eigenvalue weighted by atomic mass is 19.1. The van der Waals surface area contributed by atoms with Gasteiger partial charge < -0.3 is 29.5 Å². The molecule has 6 rings (SSSR count). The Labute approximate surface area is 314 Å². The summed E-state index contributed by atoms with van der Waals surface area (Å²) in [6, 6.07) is 25.2. The second-order valence-electron chi connectivity index (χ2n) is 13.5. The zero-order chi connectivity index (χ0) is 38.4. The van der Waals surface area contributed by atoms with Crippen molar-refractivity contribution in [2.75, 3.05) is 74.2 Å². The number of benzene rings is 4. The van der Waals surface area contributed by atoms with E-state index >= 15 is 0 Å². The SMILES string of the molecule is COc1cc(C(=O)N(C)N2CCC(NC(=O)N3CCN(CC(=O)O)CC3)(c3ccccc3)CC2)c(-c2ccc(-c3ccc(F)cc3)cc2)c(OC)c1OC. The number of carbonyl (C=O) groups excluding carboxylic acids is 2. The summed E-state index contributed by atoms with van der Waals surface area (Å²) in [5.41, 5.74) is 3.62. The number of carboxylic acid groups (broad SMARTS) is 1. The minimum Gasteiger partial charge on any atom is -0.493 e. The summed E-state index contributed by atoms with van der Waals surface area (Å²) >= 11 is 0. The van der Waals surface area contributed by atoms with E-state index < -0.39 is 11.5 Å². The number of piperidine rings is 1. The first-order valence-electron chi connectivity index (χ1n) is 17.9. The van der Waals surface area contributed by atoms with Crippen molar-refractivity contribution in [3.63, 3.8) is 0 Å². The van der Waals surface area contributed by atoms with Crippen LogP contribution in [0.1, 0.15) is 28.8 Å². The number of hydrogen-bond donors (Lipinski definition) is 2. The van der Waals surface area contributed by atoms with E-state index in [1.54, 1.807) is 35.2 Å². The van der Waals surface area contributed by atoms with E-state index in [1.807, 2.05) is 64.5 Å². The fourth-order valence-corrected chi connectivity index (χ4v) is 7.39. The van der Waals surface area contributed by atoms with Gasteiger partial charge in [-0.3, -0.25) is 19.5 Å². The number of rotatable bonds is 11. The Kier molecular flexibility index (Phi) is 11.7. The van der Waals surface area contributed by atoms with Gasteiger partial charge in [0.15, 0.2) is 11.5 Å². The lowest BCUT2D eigenvalue weighted by molar-refractivity contribution is -0.138. The van der Waals surface area contributed by atoms with Crippen LogP contribution in [0.15, 0.2) is 84.9 Å². The van der Waals surface area contributed by atoms with Crippen molar-refractivity contribution in [3.05, 3.63) is 102 Å². The molecule has 0 radical (unpaired) electrons. The van der Waals surface area contributed by atoms with Gasteiger partial charge in [-0.2, -0.15) is 0 Å². The van der Waals surface area contributed by atoms with E-state index in [4.69, 9.17) is 14.2 Å². The molecule has 2 aliphatic rings. The van der Waals surface area contributed by atoms with E-state index in [0.717, 1.165) is 16.7 Å². The summed E-state index contributed by atoms with van der Waals surface area (Å²) in [4.78, 5) is 43.0. The van der Waals surface area contributed by atoms with Crippen molar-refractivity contribution in [3.8, 4) is 39.5 Å². The molecular weight excluding hydrogens is 693 g/mol. The molecule has 0 spiro atoms. The minimum absolute atomic E-state index is 0.0487. The highest BCUT2D eigenvalue weighted by Crippen LogP contribution is 2.47. The maximum atomic E-state index is 14.6. The van der Waals surface area contributed by atoms with Gasteiger partial charge in [-0.15, -0.1) is 0 Å². The molecule has 284 valence electrons. The Morgan fingerprint density at radius 2 is 1.35 bits per heavy atom. The highest BCUT2D eigenvalue weighted by molar-refractivity contribution is 6.04. The Hall–Kier alpha value is -5.66. The van der Waals surface area contributed by atoms with Crippen LogP contribution < -0.4 is 19.5 Å². The molecule has 12 nitrogen and oxygen atoms in total. The Morgan fingerprint density at radius 1 is 0.778 bits per heavy atom. The fraction of sp³-hybridized carbons (Fsp3) is 0.341. The van der Waals surface area contributed by atoms with Crippen LogP contribution in [0.25, 0.3) is 22.3 Å². The third kappa shape index (κ3) is 7.97. The number of ether oxygens (including phenoxy) is 3. The van der Waals surface area contributed by atoms with Crippen LogP contribution in [0, 0.1) is 5.82 Å². The average molecular weight is 740 g/mol. The number of nitrogens with one attached hydrogen (secondary N) is 1. The summed E-state index contributed by atoms with van der Waals surface area (Å²) in [7, 11) is 6.27. The Balaban J connectivity index is 1.25. The molecule has 13 heteroatoms. The molecule has 2 heterocycles. The van der Waals surface area contributed by atoms with E-state index in [0.29, 0.717) is 86.0 Å². The zero-order valence-corrected chi connectivity index (χ0v) is 31.0. The van der Waals surface area contributed by atoms with Gasteiger partial charge in [-0.05, 0) is 53.3 Å². The van der Waals surface area contributed by atoms with E-state index in [2.05, 4.69) is 5.32 Å². The van der Waals surface area contributed by atoms with Crippen LogP contribution in [0.2, 0.25) is 0 Å². The molecule has 4 aromatic carbocycles. The third-order valence-corrected chi connectivity index (χ3v) is 10.4. The summed E-state index contributed by atoms with van der Waals surface area (Å²) < 4.78 is 30.9. The number of amides is 3. The molecule has 2 saturated heterocycles. The smallest absolute Gasteiger partial charge is 0.318 e. The maximum absolute atomic E-state index is 14.6. The topological polar surface area (TPSA) is 124 Å².